The lowest BCUT2D eigenvalue weighted by atomic mass is 10.5. The monoisotopic (exact) mass is 207 g/mol. The van der Waals surface area contributed by atoms with Gasteiger partial charge in [-0.15, -0.1) is 0 Å². The largest absolute Gasteiger partial charge is 0.505 e. The molecule has 80 valence electrons. The molecule has 0 atom stereocenters. The first-order valence-electron chi connectivity index (χ1n) is 4.87. The van der Waals surface area contributed by atoms with Gasteiger partial charge in [-0.2, -0.15) is 10.2 Å². The minimum atomic E-state index is 0.163. The van der Waals surface area contributed by atoms with Gasteiger partial charge in [0.05, 0.1) is 12.4 Å². The Hall–Kier alpha value is -1.85. The molecule has 0 spiro atoms. The normalized spacial score (nSPS) is 10.7. The molecule has 0 amide bonds. The number of nitrogens with zero attached hydrogens (tertiary/aromatic N) is 5. The van der Waals surface area contributed by atoms with Gasteiger partial charge >= 0.3 is 0 Å². The molecule has 0 aliphatic rings. The van der Waals surface area contributed by atoms with Gasteiger partial charge in [0.15, 0.2) is 5.75 Å². The zero-order valence-corrected chi connectivity index (χ0v) is 8.54. The molecule has 0 aliphatic heterocycles. The average Bonchev–Trinajstić information content (AvgIpc) is 2.78. The maximum atomic E-state index is 9.13. The zero-order valence-electron chi connectivity index (χ0n) is 8.54. The van der Waals surface area contributed by atoms with Crippen molar-refractivity contribution in [2.24, 2.45) is 0 Å². The van der Waals surface area contributed by atoms with Crippen molar-refractivity contribution in [3.63, 3.8) is 0 Å². The highest BCUT2D eigenvalue weighted by molar-refractivity contribution is 5.09. The molecule has 0 aromatic carbocycles. The minimum absolute atomic E-state index is 0.163. The van der Waals surface area contributed by atoms with Gasteiger partial charge in [0, 0.05) is 6.54 Å². The second-order valence-corrected chi connectivity index (χ2v) is 3.30. The van der Waals surface area contributed by atoms with Crippen molar-refractivity contribution in [3.8, 4) is 5.75 Å². The summed E-state index contributed by atoms with van der Waals surface area (Å²) in [6, 6.07) is 0. The molecule has 0 unspecified atom stereocenters. The first-order valence-corrected chi connectivity index (χ1v) is 4.87. The van der Waals surface area contributed by atoms with Crippen LogP contribution in [0, 0.1) is 0 Å². The average molecular weight is 207 g/mol. The molecule has 0 aliphatic carbocycles. The van der Waals surface area contributed by atoms with E-state index in [2.05, 4.69) is 22.1 Å². The van der Waals surface area contributed by atoms with Crippen molar-refractivity contribution in [1.29, 1.82) is 0 Å². The van der Waals surface area contributed by atoms with Gasteiger partial charge in [0.25, 0.3) is 0 Å². The highest BCUT2D eigenvalue weighted by Crippen LogP contribution is 2.06. The Morgan fingerprint density at radius 1 is 1.40 bits per heavy atom. The van der Waals surface area contributed by atoms with Crippen LogP contribution in [0.1, 0.15) is 19.2 Å². The molecule has 6 nitrogen and oxygen atoms in total. The number of aromatic nitrogens is 5. The second kappa shape index (κ2) is 4.12. The fourth-order valence-electron chi connectivity index (χ4n) is 1.39. The summed E-state index contributed by atoms with van der Waals surface area (Å²) in [6.45, 7) is 3.47. The third-order valence-electron chi connectivity index (χ3n) is 2.05. The topological polar surface area (TPSA) is 68.8 Å². The molecule has 0 saturated carbocycles. The van der Waals surface area contributed by atoms with E-state index in [1.54, 1.807) is 10.9 Å². The summed E-state index contributed by atoms with van der Waals surface area (Å²) in [5.41, 5.74) is 0. The van der Waals surface area contributed by atoms with E-state index < -0.39 is 0 Å². The Kier molecular flexibility index (Phi) is 2.66. The first-order chi connectivity index (χ1) is 7.29. The van der Waals surface area contributed by atoms with E-state index in [1.807, 2.05) is 4.68 Å². The quantitative estimate of drug-likeness (QED) is 0.798. The van der Waals surface area contributed by atoms with E-state index >= 15 is 0 Å². The van der Waals surface area contributed by atoms with Crippen LogP contribution < -0.4 is 0 Å². The third kappa shape index (κ3) is 2.15. The summed E-state index contributed by atoms with van der Waals surface area (Å²) in [5.74, 6) is 1.01. The third-order valence-corrected chi connectivity index (χ3v) is 2.05. The number of hydrogen-bond acceptors (Lipinski definition) is 4. The van der Waals surface area contributed by atoms with Crippen LogP contribution in [0.3, 0.4) is 0 Å². The van der Waals surface area contributed by atoms with E-state index in [4.69, 9.17) is 5.11 Å². The lowest BCUT2D eigenvalue weighted by Crippen LogP contribution is -2.10. The summed E-state index contributed by atoms with van der Waals surface area (Å²) in [5, 5.41) is 17.2. The second-order valence-electron chi connectivity index (χ2n) is 3.30. The molecular formula is C9H13N5O. The van der Waals surface area contributed by atoms with Crippen molar-refractivity contribution >= 4 is 0 Å². The van der Waals surface area contributed by atoms with Gasteiger partial charge in [0.2, 0.25) is 0 Å². The maximum absolute atomic E-state index is 9.13. The Bertz CT molecular complexity index is 433. The van der Waals surface area contributed by atoms with E-state index in [-0.39, 0.29) is 5.75 Å². The fraction of sp³-hybridized carbons (Fsp3) is 0.444. The van der Waals surface area contributed by atoms with E-state index in [1.165, 1.54) is 12.5 Å². The summed E-state index contributed by atoms with van der Waals surface area (Å²) in [6.07, 6.45) is 5.51. The van der Waals surface area contributed by atoms with Gasteiger partial charge in [0.1, 0.15) is 18.7 Å². The predicted octanol–water partition coefficient (Wildman–Crippen LogP) is 0.638. The SMILES string of the molecule is CCCn1ncnc1Cn1cc(O)cn1. The molecule has 0 fully saturated rings. The Labute approximate surface area is 87.2 Å². The van der Waals surface area contributed by atoms with Crippen LogP contribution in [-0.2, 0) is 13.1 Å². The number of aryl methyl sites for hydroxylation is 1. The smallest absolute Gasteiger partial charge is 0.153 e. The number of hydrogen-bond donors (Lipinski definition) is 1. The summed E-state index contributed by atoms with van der Waals surface area (Å²) in [7, 11) is 0. The van der Waals surface area contributed by atoms with E-state index in [9.17, 15) is 0 Å². The van der Waals surface area contributed by atoms with Crippen LogP contribution in [0.5, 0.6) is 5.75 Å². The lowest BCUT2D eigenvalue weighted by molar-refractivity contribution is 0.473. The Morgan fingerprint density at radius 3 is 2.93 bits per heavy atom. The molecule has 2 rings (SSSR count). The molecule has 0 saturated heterocycles. The summed E-state index contributed by atoms with van der Waals surface area (Å²) in [4.78, 5) is 4.15. The molecule has 6 heteroatoms. The van der Waals surface area contributed by atoms with Gasteiger partial charge in [-0.25, -0.2) is 9.67 Å². The van der Waals surface area contributed by atoms with Crippen molar-refractivity contribution in [2.75, 3.05) is 0 Å². The van der Waals surface area contributed by atoms with Crippen LogP contribution in [0.4, 0.5) is 0 Å². The van der Waals surface area contributed by atoms with Crippen LogP contribution in [-0.4, -0.2) is 29.7 Å². The Balaban J connectivity index is 2.13. The molecular weight excluding hydrogens is 194 g/mol. The fourth-order valence-corrected chi connectivity index (χ4v) is 1.39. The van der Waals surface area contributed by atoms with Crippen LogP contribution >= 0.6 is 0 Å². The summed E-state index contributed by atoms with van der Waals surface area (Å²) >= 11 is 0. The molecule has 0 bridgehead atoms. The van der Waals surface area contributed by atoms with Crippen molar-refractivity contribution in [3.05, 3.63) is 24.5 Å². The Morgan fingerprint density at radius 2 is 2.27 bits per heavy atom. The molecule has 15 heavy (non-hydrogen) atoms. The van der Waals surface area contributed by atoms with Crippen molar-refractivity contribution in [2.45, 2.75) is 26.4 Å². The van der Waals surface area contributed by atoms with Crippen LogP contribution in [0.25, 0.3) is 0 Å². The molecule has 0 radical (unpaired) electrons. The first kappa shape index (κ1) is 9.70. The van der Waals surface area contributed by atoms with Crippen LogP contribution in [0.15, 0.2) is 18.7 Å². The maximum Gasteiger partial charge on any atom is 0.153 e. The zero-order chi connectivity index (χ0) is 10.7. The molecule has 2 aromatic rings. The van der Waals surface area contributed by atoms with E-state index in [0.717, 1.165) is 18.8 Å². The number of aromatic hydroxyl groups is 1. The predicted molar refractivity (Wildman–Crippen MR) is 53.3 cm³/mol. The van der Waals surface area contributed by atoms with Crippen molar-refractivity contribution < 1.29 is 5.11 Å². The lowest BCUT2D eigenvalue weighted by Gasteiger charge is -2.03. The summed E-state index contributed by atoms with van der Waals surface area (Å²) < 4.78 is 3.48. The highest BCUT2D eigenvalue weighted by atomic mass is 16.3. The molecule has 2 aromatic heterocycles. The van der Waals surface area contributed by atoms with Gasteiger partial charge in [-0.3, -0.25) is 4.68 Å². The standard InChI is InChI=1S/C9H13N5O/c1-2-3-14-9(10-7-12-14)6-13-5-8(15)4-11-13/h4-5,7,15H,2-3,6H2,1H3. The highest BCUT2D eigenvalue weighted by Gasteiger charge is 2.05. The van der Waals surface area contributed by atoms with Gasteiger partial charge in [-0.05, 0) is 6.42 Å². The van der Waals surface area contributed by atoms with Crippen molar-refractivity contribution in [1.82, 2.24) is 24.5 Å². The molecule has 1 N–H and O–H groups in total. The molecule has 2 heterocycles. The minimum Gasteiger partial charge on any atom is -0.505 e. The number of rotatable bonds is 4. The van der Waals surface area contributed by atoms with E-state index in [0.29, 0.717) is 6.54 Å². The van der Waals surface area contributed by atoms with Gasteiger partial charge < -0.3 is 5.11 Å². The van der Waals surface area contributed by atoms with Gasteiger partial charge in [-0.1, -0.05) is 6.92 Å². The van der Waals surface area contributed by atoms with Crippen LogP contribution in [0.2, 0.25) is 0 Å².